The molecule has 1 aromatic carbocycles. The van der Waals surface area contributed by atoms with Crippen LogP contribution >= 0.6 is 0 Å². The Morgan fingerprint density at radius 3 is 2.52 bits per heavy atom. The predicted octanol–water partition coefficient (Wildman–Crippen LogP) is 3.05. The highest BCUT2D eigenvalue weighted by Gasteiger charge is 2.20. The number of anilines is 4. The molecule has 3 aromatic rings. The van der Waals surface area contributed by atoms with E-state index in [2.05, 4.69) is 42.4 Å². The van der Waals surface area contributed by atoms with E-state index in [1.54, 1.807) is 6.20 Å². The molecule has 2 fully saturated rings. The number of piperidine rings is 1. The molecule has 3 N–H and O–H groups in total. The van der Waals surface area contributed by atoms with Crippen LogP contribution in [0.3, 0.4) is 0 Å². The van der Waals surface area contributed by atoms with Gasteiger partial charge in [-0.15, -0.1) is 0 Å². The highest BCUT2D eigenvalue weighted by atomic mass is 16.3. The molecule has 0 bridgehead atoms. The van der Waals surface area contributed by atoms with Crippen molar-refractivity contribution in [2.75, 3.05) is 47.9 Å². The summed E-state index contributed by atoms with van der Waals surface area (Å²) in [5, 5.41) is 19.7. The molecule has 2 aliphatic rings. The third-order valence-corrected chi connectivity index (χ3v) is 6.67. The lowest BCUT2D eigenvalue weighted by atomic mass is 9.98. The van der Waals surface area contributed by atoms with Crippen molar-refractivity contribution in [2.24, 2.45) is 5.92 Å². The van der Waals surface area contributed by atoms with E-state index in [-0.39, 0.29) is 12.2 Å². The van der Waals surface area contributed by atoms with E-state index in [1.165, 1.54) is 12.8 Å². The van der Waals surface area contributed by atoms with E-state index in [9.17, 15) is 9.90 Å². The predicted molar refractivity (Wildman–Crippen MR) is 130 cm³/mol. The second-order valence-electron chi connectivity index (χ2n) is 9.04. The Bertz CT molecular complexity index is 1140. The number of rotatable bonds is 5. The second kappa shape index (κ2) is 9.74. The first kappa shape index (κ1) is 21.6. The third-order valence-electron chi connectivity index (χ3n) is 6.67. The molecule has 9 heteroatoms. The maximum Gasteiger partial charge on any atom is 0.277 e. The zero-order valence-electron chi connectivity index (χ0n) is 18.8. The molecule has 0 spiro atoms. The van der Waals surface area contributed by atoms with Crippen LogP contribution in [0.15, 0.2) is 35.3 Å². The van der Waals surface area contributed by atoms with Gasteiger partial charge in [0.15, 0.2) is 0 Å². The third kappa shape index (κ3) is 4.78. The van der Waals surface area contributed by atoms with Gasteiger partial charge in [0, 0.05) is 44.2 Å². The Balaban J connectivity index is 1.43. The normalized spacial score (nSPS) is 19.5. The van der Waals surface area contributed by atoms with Crippen molar-refractivity contribution in [3.8, 4) is 0 Å². The van der Waals surface area contributed by atoms with Crippen molar-refractivity contribution in [3.63, 3.8) is 0 Å². The van der Waals surface area contributed by atoms with E-state index < -0.39 is 0 Å². The first-order valence-corrected chi connectivity index (χ1v) is 11.9. The Labute approximate surface area is 192 Å². The lowest BCUT2D eigenvalue weighted by Crippen LogP contribution is -2.36. The van der Waals surface area contributed by atoms with Crippen LogP contribution in [-0.2, 0) is 0 Å². The van der Waals surface area contributed by atoms with Gasteiger partial charge < -0.3 is 20.2 Å². The number of H-pyrrole nitrogens is 1. The largest absolute Gasteiger partial charge is 0.396 e. The summed E-state index contributed by atoms with van der Waals surface area (Å²) >= 11 is 0. The van der Waals surface area contributed by atoms with Crippen LogP contribution < -0.4 is 20.7 Å². The molecule has 1 atom stereocenters. The maximum absolute atomic E-state index is 12.6. The number of fused-ring (bicyclic) bond motifs is 1. The topological polar surface area (TPSA) is 110 Å². The van der Waals surface area contributed by atoms with Crippen LogP contribution in [-0.4, -0.2) is 58.1 Å². The fraction of sp³-hybridized carbons (Fsp3) is 0.500. The minimum atomic E-state index is -0.308. The van der Waals surface area contributed by atoms with Gasteiger partial charge in [0.25, 0.3) is 5.56 Å². The fourth-order valence-electron chi connectivity index (χ4n) is 4.83. The van der Waals surface area contributed by atoms with Crippen molar-refractivity contribution < 1.29 is 5.11 Å². The van der Waals surface area contributed by atoms with Crippen molar-refractivity contribution in [1.29, 1.82) is 0 Å². The zero-order chi connectivity index (χ0) is 22.6. The fourth-order valence-corrected chi connectivity index (χ4v) is 4.83. The number of nitrogens with zero attached hydrogens (tertiary/aromatic N) is 5. The molecule has 0 unspecified atom stereocenters. The van der Waals surface area contributed by atoms with Gasteiger partial charge in [0.05, 0.1) is 6.20 Å². The highest BCUT2D eigenvalue weighted by Crippen LogP contribution is 2.28. The van der Waals surface area contributed by atoms with Gasteiger partial charge in [-0.25, -0.2) is 10.1 Å². The molecule has 0 aliphatic carbocycles. The first-order valence-electron chi connectivity index (χ1n) is 11.9. The van der Waals surface area contributed by atoms with Crippen LogP contribution in [0.1, 0.15) is 38.5 Å². The molecule has 9 nitrogen and oxygen atoms in total. The van der Waals surface area contributed by atoms with E-state index in [1.807, 2.05) is 12.1 Å². The van der Waals surface area contributed by atoms with Gasteiger partial charge in [0.1, 0.15) is 16.7 Å². The van der Waals surface area contributed by atoms with Gasteiger partial charge in [0.2, 0.25) is 5.95 Å². The lowest BCUT2D eigenvalue weighted by molar-refractivity contribution is 0.209. The van der Waals surface area contributed by atoms with Crippen molar-refractivity contribution in [1.82, 2.24) is 20.2 Å². The van der Waals surface area contributed by atoms with Gasteiger partial charge in [-0.3, -0.25) is 4.79 Å². The summed E-state index contributed by atoms with van der Waals surface area (Å²) in [6, 6.07) is 8.17. The monoisotopic (exact) mass is 449 g/mol. The first-order chi connectivity index (χ1) is 16.2. The summed E-state index contributed by atoms with van der Waals surface area (Å²) in [7, 11) is 0. The number of aromatic nitrogens is 4. The minimum Gasteiger partial charge on any atom is -0.396 e. The Morgan fingerprint density at radius 1 is 1.00 bits per heavy atom. The molecule has 5 rings (SSSR count). The molecule has 4 heterocycles. The average molecular weight is 450 g/mol. The zero-order valence-corrected chi connectivity index (χ0v) is 18.8. The highest BCUT2D eigenvalue weighted by molar-refractivity contribution is 5.90. The standard InChI is InChI=1S/C24H31N7O2/c32-16-17-6-5-13-31(15-17)19-9-7-18(8-10-19)26-22-21-20(14-25-29-23(21)33)27-24(28-22)30-11-3-1-2-4-12-30/h7-10,14,17,32H,1-6,11-13,15-16H2,(H,29,33)(H,26,27,28)/t17-/m0/s1. The van der Waals surface area contributed by atoms with Gasteiger partial charge in [-0.05, 0) is 55.9 Å². The number of aliphatic hydroxyl groups is 1. The smallest absolute Gasteiger partial charge is 0.277 e. The summed E-state index contributed by atoms with van der Waals surface area (Å²) in [6.07, 6.45) is 8.43. The molecule has 33 heavy (non-hydrogen) atoms. The summed E-state index contributed by atoms with van der Waals surface area (Å²) in [6.45, 7) is 3.95. The Kier molecular flexibility index (Phi) is 6.39. The summed E-state index contributed by atoms with van der Waals surface area (Å²) in [4.78, 5) is 26.5. The van der Waals surface area contributed by atoms with Crippen molar-refractivity contribution in [3.05, 3.63) is 40.8 Å². The maximum atomic E-state index is 12.6. The minimum absolute atomic E-state index is 0.236. The van der Waals surface area contributed by atoms with Crippen LogP contribution in [0, 0.1) is 5.92 Å². The second-order valence-corrected chi connectivity index (χ2v) is 9.04. The molecule has 2 aromatic heterocycles. The number of hydrogen-bond acceptors (Lipinski definition) is 8. The van der Waals surface area contributed by atoms with Crippen LogP contribution in [0.25, 0.3) is 10.9 Å². The van der Waals surface area contributed by atoms with E-state index in [0.717, 1.165) is 63.2 Å². The molecule has 0 radical (unpaired) electrons. The van der Waals surface area contributed by atoms with Gasteiger partial charge in [-0.1, -0.05) is 12.8 Å². The van der Waals surface area contributed by atoms with Crippen LogP contribution in [0.2, 0.25) is 0 Å². The molecule has 0 amide bonds. The SMILES string of the molecule is O=c1[nH]ncc2nc(N3CCCCCC3)nc(Nc3ccc(N4CCC[C@H](CO)C4)cc3)c12. The van der Waals surface area contributed by atoms with Crippen LogP contribution in [0.4, 0.5) is 23.1 Å². The quantitative estimate of drug-likeness (QED) is 0.545. The molecule has 174 valence electrons. The molecule has 0 saturated carbocycles. The Morgan fingerprint density at radius 2 is 1.76 bits per heavy atom. The van der Waals surface area contributed by atoms with E-state index in [4.69, 9.17) is 4.98 Å². The molecule has 2 saturated heterocycles. The van der Waals surface area contributed by atoms with Crippen molar-refractivity contribution in [2.45, 2.75) is 38.5 Å². The average Bonchev–Trinajstić information content (AvgIpc) is 3.14. The number of aromatic amines is 1. The lowest BCUT2D eigenvalue weighted by Gasteiger charge is -2.33. The van der Waals surface area contributed by atoms with E-state index >= 15 is 0 Å². The Hall–Kier alpha value is -3.20. The van der Waals surface area contributed by atoms with Crippen LogP contribution in [0.5, 0.6) is 0 Å². The number of aliphatic hydroxyl groups excluding tert-OH is 1. The molecular weight excluding hydrogens is 418 g/mol. The van der Waals surface area contributed by atoms with Gasteiger partial charge in [-0.2, -0.15) is 10.1 Å². The summed E-state index contributed by atoms with van der Waals surface area (Å²) in [5.74, 6) is 1.47. The van der Waals surface area contributed by atoms with E-state index in [0.29, 0.717) is 28.6 Å². The van der Waals surface area contributed by atoms with Crippen molar-refractivity contribution >= 4 is 34.0 Å². The number of nitrogens with one attached hydrogen (secondary N) is 2. The number of hydrogen-bond donors (Lipinski definition) is 3. The molecular formula is C24H31N7O2. The summed E-state index contributed by atoms with van der Waals surface area (Å²) < 4.78 is 0. The van der Waals surface area contributed by atoms with Gasteiger partial charge >= 0.3 is 0 Å². The molecule has 2 aliphatic heterocycles. The number of benzene rings is 1. The summed E-state index contributed by atoms with van der Waals surface area (Å²) in [5.41, 5.74) is 2.22.